The van der Waals surface area contributed by atoms with Crippen LogP contribution in [-0.4, -0.2) is 11.3 Å². The van der Waals surface area contributed by atoms with Crippen LogP contribution in [0.3, 0.4) is 0 Å². The van der Waals surface area contributed by atoms with Gasteiger partial charge in [-0.3, -0.25) is 4.79 Å². The van der Waals surface area contributed by atoms with Crippen molar-refractivity contribution in [3.8, 4) is 5.75 Å². The van der Waals surface area contributed by atoms with Crippen LogP contribution in [0.1, 0.15) is 10.5 Å². The quantitative estimate of drug-likeness (QED) is 0.617. The zero-order chi connectivity index (χ0) is 8.39. The topological polar surface area (TPSA) is 39.2 Å². The van der Waals surface area contributed by atoms with Gasteiger partial charge in [-0.1, -0.05) is 11.8 Å². The number of aldehydes is 1. The van der Waals surface area contributed by atoms with E-state index in [4.69, 9.17) is 4.74 Å². The van der Waals surface area contributed by atoms with E-state index in [1.165, 1.54) is 11.8 Å². The summed E-state index contributed by atoms with van der Waals surface area (Å²) < 4.78 is 5.14. The van der Waals surface area contributed by atoms with Crippen molar-refractivity contribution in [3.63, 3.8) is 0 Å². The molecule has 3 nitrogen and oxygen atoms in total. The molecule has 0 radical (unpaired) electrons. The molecule has 0 atom stereocenters. The number of rotatable bonds is 1. The fourth-order valence-electron chi connectivity index (χ4n) is 0.887. The fraction of sp³-hybridized carbons (Fsp3) is 0. The Morgan fingerprint density at radius 1 is 1.58 bits per heavy atom. The summed E-state index contributed by atoms with van der Waals surface area (Å²) in [6, 6.07) is 1.70. The van der Waals surface area contributed by atoms with Crippen molar-refractivity contribution in [2.45, 2.75) is 4.90 Å². The summed E-state index contributed by atoms with van der Waals surface area (Å²) in [6.45, 7) is 0. The van der Waals surface area contributed by atoms with Gasteiger partial charge in [0.05, 0.1) is 17.4 Å². The first kappa shape index (κ1) is 7.36. The first-order chi connectivity index (χ1) is 5.90. The van der Waals surface area contributed by atoms with E-state index in [1.807, 2.05) is 5.41 Å². The van der Waals surface area contributed by atoms with Crippen molar-refractivity contribution in [2.75, 3.05) is 0 Å². The Bertz CT molecular complexity index is 349. The van der Waals surface area contributed by atoms with E-state index in [-0.39, 0.29) is 0 Å². The van der Waals surface area contributed by atoms with Gasteiger partial charge in [-0.2, -0.15) is 0 Å². The lowest BCUT2D eigenvalue weighted by atomic mass is 10.3. The number of carbonyl (C=O) groups is 1. The van der Waals surface area contributed by atoms with Gasteiger partial charge in [-0.05, 0) is 6.07 Å². The first-order valence-electron chi connectivity index (χ1n) is 3.34. The maximum Gasteiger partial charge on any atom is 0.168 e. The lowest BCUT2D eigenvalue weighted by Gasteiger charge is -2.09. The van der Waals surface area contributed by atoms with E-state index >= 15 is 0 Å². The summed E-state index contributed by atoms with van der Waals surface area (Å²) in [5, 5.41) is 1.82. The number of aromatic nitrogens is 1. The van der Waals surface area contributed by atoms with Crippen LogP contribution in [0.4, 0.5) is 0 Å². The summed E-state index contributed by atoms with van der Waals surface area (Å²) >= 11 is 1.51. The average Bonchev–Trinajstić information content (AvgIpc) is 2.17. The first-order valence-corrected chi connectivity index (χ1v) is 4.21. The Morgan fingerprint density at radius 2 is 2.50 bits per heavy atom. The molecule has 12 heavy (non-hydrogen) atoms. The van der Waals surface area contributed by atoms with Gasteiger partial charge in [0, 0.05) is 5.41 Å². The molecule has 2 heterocycles. The van der Waals surface area contributed by atoms with Crippen molar-refractivity contribution >= 4 is 18.0 Å². The summed E-state index contributed by atoms with van der Waals surface area (Å²) in [6.07, 6.45) is 3.87. The van der Waals surface area contributed by atoms with Crippen LogP contribution in [0.2, 0.25) is 0 Å². The van der Waals surface area contributed by atoms with Gasteiger partial charge < -0.3 is 4.74 Å². The molecule has 0 aliphatic carbocycles. The molecule has 0 fully saturated rings. The predicted octanol–water partition coefficient (Wildman–Crippen LogP) is 1.85. The molecule has 0 spiro atoms. The number of carbonyl (C=O) groups excluding carboxylic acids is 1. The number of hydrogen-bond donors (Lipinski definition) is 0. The van der Waals surface area contributed by atoms with Gasteiger partial charge >= 0.3 is 0 Å². The Hall–Kier alpha value is -1.29. The minimum atomic E-state index is 0.431. The third-order valence-corrected chi connectivity index (χ3v) is 2.24. The lowest BCUT2D eigenvalue weighted by molar-refractivity contribution is 0.111. The van der Waals surface area contributed by atoms with Crippen molar-refractivity contribution < 1.29 is 9.53 Å². The van der Waals surface area contributed by atoms with Gasteiger partial charge in [0.1, 0.15) is 5.69 Å². The largest absolute Gasteiger partial charge is 0.462 e. The van der Waals surface area contributed by atoms with Crippen molar-refractivity contribution in [1.82, 2.24) is 4.98 Å². The van der Waals surface area contributed by atoms with Crippen LogP contribution in [0.15, 0.2) is 28.8 Å². The third kappa shape index (κ3) is 1.21. The van der Waals surface area contributed by atoms with Crippen LogP contribution in [0.25, 0.3) is 0 Å². The molecule has 0 bridgehead atoms. The molecule has 0 aromatic carbocycles. The number of ether oxygens (including phenoxy) is 1. The standard InChI is InChI=1S/C8H5NO2S/c10-5-6-3-8-7(4-9-6)11-1-2-12-8/h1-5H. The van der Waals surface area contributed by atoms with Crippen LogP contribution >= 0.6 is 11.8 Å². The van der Waals surface area contributed by atoms with Gasteiger partial charge in [-0.15, -0.1) is 0 Å². The number of thioether (sulfide) groups is 1. The van der Waals surface area contributed by atoms with Crippen molar-refractivity contribution in [1.29, 1.82) is 0 Å². The lowest BCUT2D eigenvalue weighted by Crippen LogP contribution is -1.93. The van der Waals surface area contributed by atoms with E-state index < -0.39 is 0 Å². The second kappa shape index (κ2) is 2.98. The summed E-state index contributed by atoms with van der Waals surface area (Å²) in [4.78, 5) is 15.2. The second-order valence-corrected chi connectivity index (χ2v) is 3.13. The number of pyridine rings is 1. The summed E-state index contributed by atoms with van der Waals surface area (Å²) in [7, 11) is 0. The van der Waals surface area contributed by atoms with Crippen LogP contribution < -0.4 is 4.74 Å². The molecule has 0 saturated carbocycles. The fourth-order valence-corrected chi connectivity index (χ4v) is 1.55. The van der Waals surface area contributed by atoms with E-state index in [2.05, 4.69) is 4.98 Å². The van der Waals surface area contributed by atoms with E-state index in [0.29, 0.717) is 11.4 Å². The number of nitrogens with zero attached hydrogens (tertiary/aromatic N) is 1. The molecule has 1 aliphatic heterocycles. The summed E-state index contributed by atoms with van der Waals surface area (Å²) in [5.74, 6) is 0.702. The molecule has 0 unspecified atom stereocenters. The SMILES string of the molecule is O=Cc1cc2c(cn1)OC=CS2. The maximum absolute atomic E-state index is 10.4. The Kier molecular flexibility index (Phi) is 1.83. The smallest absolute Gasteiger partial charge is 0.168 e. The molecule has 1 aromatic heterocycles. The number of fused-ring (bicyclic) bond motifs is 1. The minimum absolute atomic E-state index is 0.431. The van der Waals surface area contributed by atoms with E-state index in [9.17, 15) is 4.79 Å². The summed E-state index contributed by atoms with van der Waals surface area (Å²) in [5.41, 5.74) is 0.431. The molecule has 2 rings (SSSR count). The minimum Gasteiger partial charge on any atom is -0.462 e. The highest BCUT2D eigenvalue weighted by atomic mass is 32.2. The van der Waals surface area contributed by atoms with Gasteiger partial charge in [0.25, 0.3) is 0 Å². The molecule has 4 heteroatoms. The van der Waals surface area contributed by atoms with Crippen LogP contribution in [0.5, 0.6) is 5.75 Å². The van der Waals surface area contributed by atoms with Gasteiger partial charge in [-0.25, -0.2) is 4.98 Å². The van der Waals surface area contributed by atoms with E-state index in [0.717, 1.165) is 11.2 Å². The second-order valence-electron chi connectivity index (χ2n) is 2.18. The van der Waals surface area contributed by atoms with E-state index in [1.54, 1.807) is 18.5 Å². The third-order valence-electron chi connectivity index (χ3n) is 1.42. The molecule has 1 aromatic rings. The molecule has 60 valence electrons. The molecule has 0 N–H and O–H groups in total. The van der Waals surface area contributed by atoms with Gasteiger partial charge in [0.15, 0.2) is 12.0 Å². The highest BCUT2D eigenvalue weighted by Gasteiger charge is 2.07. The van der Waals surface area contributed by atoms with Gasteiger partial charge in [0.2, 0.25) is 0 Å². The molecule has 1 aliphatic rings. The Labute approximate surface area is 73.4 Å². The van der Waals surface area contributed by atoms with Crippen LogP contribution in [-0.2, 0) is 0 Å². The molecule has 0 saturated heterocycles. The molecular formula is C8H5NO2S. The Balaban J connectivity index is 2.46. The average molecular weight is 179 g/mol. The van der Waals surface area contributed by atoms with Crippen molar-refractivity contribution in [2.24, 2.45) is 0 Å². The zero-order valence-electron chi connectivity index (χ0n) is 6.06. The highest BCUT2D eigenvalue weighted by Crippen LogP contribution is 2.33. The Morgan fingerprint density at radius 3 is 3.33 bits per heavy atom. The maximum atomic E-state index is 10.4. The van der Waals surface area contributed by atoms with Crippen LogP contribution in [0, 0.1) is 0 Å². The molecule has 0 amide bonds. The number of hydrogen-bond acceptors (Lipinski definition) is 4. The normalized spacial score (nSPS) is 13.3. The predicted molar refractivity (Wildman–Crippen MR) is 45.2 cm³/mol. The van der Waals surface area contributed by atoms with Crippen molar-refractivity contribution in [3.05, 3.63) is 29.6 Å². The monoisotopic (exact) mass is 179 g/mol. The highest BCUT2D eigenvalue weighted by molar-refractivity contribution is 8.02. The zero-order valence-corrected chi connectivity index (χ0v) is 6.88. The molecular weight excluding hydrogens is 174 g/mol.